The Morgan fingerprint density at radius 2 is 2.21 bits per heavy atom. The molecule has 0 bridgehead atoms. The van der Waals surface area contributed by atoms with Gasteiger partial charge in [-0.05, 0) is 13.3 Å². The number of nitrogens with zero attached hydrogens (tertiary/aromatic N) is 3. The fourth-order valence-corrected chi connectivity index (χ4v) is 3.01. The third-order valence-electron chi connectivity index (χ3n) is 3.97. The summed E-state index contributed by atoms with van der Waals surface area (Å²) in [5.41, 5.74) is 2.57. The van der Waals surface area contributed by atoms with Crippen LogP contribution in [0.25, 0.3) is 0 Å². The first-order valence-electron chi connectivity index (χ1n) is 7.31. The normalized spacial score (nSPS) is 29.3. The van der Waals surface area contributed by atoms with E-state index in [1.165, 1.54) is 17.4 Å². The number of halogens is 1. The molecular weight excluding hydrogens is 336 g/mol. The highest BCUT2D eigenvalue weighted by molar-refractivity contribution is 6.25. The van der Waals surface area contributed by atoms with E-state index in [2.05, 4.69) is 23.1 Å². The molecule has 0 saturated carbocycles. The van der Waals surface area contributed by atoms with Crippen LogP contribution in [0.1, 0.15) is 12.5 Å². The second kappa shape index (κ2) is 7.45. The zero-order valence-electron chi connectivity index (χ0n) is 13.3. The van der Waals surface area contributed by atoms with E-state index in [0.29, 0.717) is 17.8 Å². The highest BCUT2D eigenvalue weighted by Gasteiger charge is 2.54. The summed E-state index contributed by atoms with van der Waals surface area (Å²) in [5.74, 6) is 0.597. The van der Waals surface area contributed by atoms with Gasteiger partial charge in [-0.3, -0.25) is 10.7 Å². The number of hydrogen-bond acceptors (Lipinski definition) is 8. The zero-order valence-corrected chi connectivity index (χ0v) is 14.0. The maximum absolute atomic E-state index is 10.3. The van der Waals surface area contributed by atoms with E-state index in [1.807, 2.05) is 5.48 Å². The number of hydrogen-bond donors (Lipinski definition) is 4. The van der Waals surface area contributed by atoms with Crippen molar-refractivity contribution in [2.45, 2.75) is 36.7 Å². The van der Waals surface area contributed by atoms with Crippen LogP contribution in [0.4, 0.5) is 11.6 Å². The van der Waals surface area contributed by atoms with Gasteiger partial charge in [0.15, 0.2) is 12.0 Å². The van der Waals surface area contributed by atoms with Gasteiger partial charge < -0.3 is 19.8 Å². The number of ether oxygens (including phenoxy) is 1. The molecule has 1 fully saturated rings. The van der Waals surface area contributed by atoms with Crippen molar-refractivity contribution in [3.05, 3.63) is 37.3 Å². The van der Waals surface area contributed by atoms with Crippen molar-refractivity contribution in [1.29, 1.82) is 0 Å². The van der Waals surface area contributed by atoms with Crippen LogP contribution in [0.2, 0.25) is 0 Å². The first kappa shape index (κ1) is 18.6. The molecule has 1 saturated heterocycles. The van der Waals surface area contributed by atoms with Crippen LogP contribution >= 0.6 is 11.6 Å². The van der Waals surface area contributed by atoms with Crippen LogP contribution in [0.3, 0.4) is 0 Å². The van der Waals surface area contributed by atoms with E-state index in [0.717, 1.165) is 0 Å². The molecule has 0 aromatic carbocycles. The quantitative estimate of drug-likeness (QED) is 0.326. The lowest BCUT2D eigenvalue weighted by Crippen LogP contribution is -2.48. The number of allylic oxidation sites excluding steroid dienone is 1. The minimum atomic E-state index is -1.22. The summed E-state index contributed by atoms with van der Waals surface area (Å²) < 4.78 is 5.71. The molecule has 8 nitrogen and oxygen atoms in total. The molecule has 0 spiro atoms. The fourth-order valence-electron chi connectivity index (χ4n) is 2.71. The second-order valence-corrected chi connectivity index (χ2v) is 6.34. The molecule has 24 heavy (non-hydrogen) atoms. The molecular formula is C15H21ClN4O4. The summed E-state index contributed by atoms with van der Waals surface area (Å²) in [6.45, 7) is 8.67. The fraction of sp³-hybridized carbons (Fsp3) is 0.467. The standard InChI is InChI=1S/C15H21ClN4O4/c1-4-6-9-12(19-23)17-8-18-13(9)20(5-2)14-15(3,16)11(22)10(7-21)24-14/h4-5,8,10-11,14,21-23H,1-2,6-7H2,3H3,(H,17,18,19). The number of aromatic nitrogens is 2. The Morgan fingerprint density at radius 3 is 2.71 bits per heavy atom. The average molecular weight is 357 g/mol. The van der Waals surface area contributed by atoms with Gasteiger partial charge in [-0.15, -0.1) is 18.2 Å². The number of alkyl halides is 1. The lowest BCUT2D eigenvalue weighted by atomic mass is 10.00. The van der Waals surface area contributed by atoms with E-state index in [1.54, 1.807) is 13.0 Å². The van der Waals surface area contributed by atoms with Gasteiger partial charge in [-0.2, -0.15) is 0 Å². The number of aliphatic hydroxyl groups excluding tert-OH is 2. The van der Waals surface area contributed by atoms with Gasteiger partial charge in [0.2, 0.25) is 0 Å². The SMILES string of the molecule is C=CCc1c(NO)ncnc1N(C=C)C1OC(CO)C(O)C1(C)Cl. The largest absolute Gasteiger partial charge is 0.394 e. The number of anilines is 2. The van der Waals surface area contributed by atoms with Crippen LogP contribution in [-0.2, 0) is 11.2 Å². The Hall–Kier alpha value is -1.71. The average Bonchev–Trinajstić information content (AvgIpc) is 2.80. The Labute approximate surface area is 145 Å². The minimum Gasteiger partial charge on any atom is -0.394 e. The molecule has 0 aliphatic carbocycles. The Balaban J connectivity index is 2.49. The van der Waals surface area contributed by atoms with Crippen LogP contribution in [0, 0.1) is 0 Å². The molecule has 4 unspecified atom stereocenters. The number of rotatable bonds is 7. The van der Waals surface area contributed by atoms with E-state index in [-0.39, 0.29) is 12.4 Å². The summed E-state index contributed by atoms with van der Waals surface area (Å²) in [7, 11) is 0. The minimum absolute atomic E-state index is 0.209. The molecule has 1 aromatic heterocycles. The highest BCUT2D eigenvalue weighted by atomic mass is 35.5. The van der Waals surface area contributed by atoms with Gasteiger partial charge in [-0.1, -0.05) is 12.7 Å². The van der Waals surface area contributed by atoms with Gasteiger partial charge >= 0.3 is 0 Å². The Bertz CT molecular complexity index is 613. The molecule has 0 amide bonds. The van der Waals surface area contributed by atoms with Crippen LogP contribution in [0.15, 0.2) is 31.8 Å². The predicted octanol–water partition coefficient (Wildman–Crippen LogP) is 1.03. The molecule has 1 aliphatic rings. The maximum atomic E-state index is 10.3. The highest BCUT2D eigenvalue weighted by Crippen LogP contribution is 2.41. The maximum Gasteiger partial charge on any atom is 0.158 e. The van der Waals surface area contributed by atoms with Crippen molar-refractivity contribution in [2.75, 3.05) is 17.0 Å². The van der Waals surface area contributed by atoms with Crippen LogP contribution in [-0.4, -0.2) is 55.3 Å². The monoisotopic (exact) mass is 356 g/mol. The van der Waals surface area contributed by atoms with E-state index < -0.39 is 23.3 Å². The summed E-state index contributed by atoms with van der Waals surface area (Å²) in [5, 5.41) is 28.9. The first-order chi connectivity index (χ1) is 11.4. The van der Waals surface area contributed by atoms with Crippen molar-refractivity contribution < 1.29 is 20.2 Å². The van der Waals surface area contributed by atoms with Gasteiger partial charge in [-0.25, -0.2) is 9.97 Å². The number of nitrogens with one attached hydrogen (secondary N) is 1. The first-order valence-corrected chi connectivity index (χ1v) is 7.69. The second-order valence-electron chi connectivity index (χ2n) is 5.52. The van der Waals surface area contributed by atoms with Gasteiger partial charge in [0.1, 0.15) is 29.2 Å². The molecule has 4 atom stereocenters. The van der Waals surface area contributed by atoms with Crippen molar-refractivity contribution >= 4 is 23.2 Å². The topological polar surface area (TPSA) is 111 Å². The Kier molecular flexibility index (Phi) is 5.79. The van der Waals surface area contributed by atoms with Crippen LogP contribution in [0.5, 0.6) is 0 Å². The molecule has 0 radical (unpaired) electrons. The van der Waals surface area contributed by atoms with Crippen molar-refractivity contribution in [3.63, 3.8) is 0 Å². The van der Waals surface area contributed by atoms with Gasteiger partial charge in [0.25, 0.3) is 0 Å². The van der Waals surface area contributed by atoms with Gasteiger partial charge in [0.05, 0.1) is 6.61 Å². The molecule has 132 valence electrons. The summed E-state index contributed by atoms with van der Waals surface area (Å²) >= 11 is 6.48. The number of aliphatic hydroxyl groups is 2. The molecule has 1 aliphatic heterocycles. The third kappa shape index (κ3) is 3.11. The van der Waals surface area contributed by atoms with E-state index in [9.17, 15) is 15.4 Å². The molecule has 1 aromatic rings. The van der Waals surface area contributed by atoms with Crippen molar-refractivity contribution in [2.24, 2.45) is 0 Å². The smallest absolute Gasteiger partial charge is 0.158 e. The zero-order chi connectivity index (χ0) is 17.9. The lowest BCUT2D eigenvalue weighted by Gasteiger charge is -2.34. The van der Waals surface area contributed by atoms with E-state index >= 15 is 0 Å². The lowest BCUT2D eigenvalue weighted by molar-refractivity contribution is -0.0203. The van der Waals surface area contributed by atoms with Crippen molar-refractivity contribution in [1.82, 2.24) is 9.97 Å². The third-order valence-corrected chi connectivity index (χ3v) is 4.38. The van der Waals surface area contributed by atoms with Crippen molar-refractivity contribution in [3.8, 4) is 0 Å². The molecule has 2 rings (SSSR count). The summed E-state index contributed by atoms with van der Waals surface area (Å²) in [6, 6.07) is 0. The van der Waals surface area contributed by atoms with E-state index in [4.69, 9.17) is 16.3 Å². The summed E-state index contributed by atoms with van der Waals surface area (Å²) in [4.78, 5) is 8.50. The summed E-state index contributed by atoms with van der Waals surface area (Å²) in [6.07, 6.45) is 1.95. The predicted molar refractivity (Wildman–Crippen MR) is 90.0 cm³/mol. The Morgan fingerprint density at radius 1 is 1.50 bits per heavy atom. The molecule has 4 N–H and O–H groups in total. The van der Waals surface area contributed by atoms with Gasteiger partial charge in [0, 0.05) is 11.8 Å². The molecule has 9 heteroatoms. The molecule has 2 heterocycles. The van der Waals surface area contributed by atoms with Crippen LogP contribution < -0.4 is 10.4 Å².